The van der Waals surface area contributed by atoms with Crippen molar-refractivity contribution in [1.29, 1.82) is 0 Å². The minimum absolute atomic E-state index is 0.0502. The quantitative estimate of drug-likeness (QED) is 0.693. The predicted octanol–water partition coefficient (Wildman–Crippen LogP) is 1.29. The van der Waals surface area contributed by atoms with Crippen LogP contribution in [-0.2, 0) is 10.2 Å². The van der Waals surface area contributed by atoms with Crippen molar-refractivity contribution in [2.24, 2.45) is 11.1 Å². The number of nitrogens with zero attached hydrogens (tertiary/aromatic N) is 2. The Hall–Kier alpha value is -2.43. The number of fused-ring (bicyclic) bond motifs is 1. The highest BCUT2D eigenvalue weighted by Crippen LogP contribution is 2.33. The molecule has 2 heterocycles. The highest BCUT2D eigenvalue weighted by atomic mass is 32.2. The molecule has 3 rings (SSSR count). The van der Waals surface area contributed by atoms with E-state index >= 15 is 0 Å². The van der Waals surface area contributed by atoms with Crippen LogP contribution in [0.4, 0.5) is 0 Å². The van der Waals surface area contributed by atoms with Gasteiger partial charge in [0.05, 0.1) is 25.3 Å². The minimum atomic E-state index is -3.66. The van der Waals surface area contributed by atoms with Crippen molar-refractivity contribution in [3.8, 4) is 11.5 Å². The van der Waals surface area contributed by atoms with Gasteiger partial charge in [0.15, 0.2) is 11.5 Å². The van der Waals surface area contributed by atoms with E-state index in [4.69, 9.17) is 14.6 Å². The van der Waals surface area contributed by atoms with Gasteiger partial charge in [0.1, 0.15) is 0 Å². The number of aromatic nitrogens is 1. The van der Waals surface area contributed by atoms with Crippen molar-refractivity contribution in [2.45, 2.75) is 19.3 Å². The number of piperidine rings is 1. The summed E-state index contributed by atoms with van der Waals surface area (Å²) in [7, 11) is -0.547. The molecule has 1 amide bonds. The fourth-order valence-corrected chi connectivity index (χ4v) is 4.06. The molecular weight excluding hydrogens is 396 g/mol. The number of carbonyl (C=O) groups excluding carboxylic acids is 1. The Morgan fingerprint density at radius 1 is 1.24 bits per heavy atom. The first-order chi connectivity index (χ1) is 13.8. The summed E-state index contributed by atoms with van der Waals surface area (Å²) < 4.78 is 34.9. The number of hydrogen-bond donors (Lipinski definition) is 2. The van der Waals surface area contributed by atoms with Gasteiger partial charge >= 0.3 is 0 Å². The van der Waals surface area contributed by atoms with Gasteiger partial charge in [-0.15, -0.1) is 0 Å². The average Bonchev–Trinajstić information content (AvgIpc) is 2.71. The first-order valence-corrected chi connectivity index (χ1v) is 10.9. The van der Waals surface area contributed by atoms with Crippen molar-refractivity contribution >= 4 is 27.0 Å². The lowest BCUT2D eigenvalue weighted by Crippen LogP contribution is -2.39. The van der Waals surface area contributed by atoms with E-state index in [2.05, 4.69) is 9.71 Å². The second-order valence-corrected chi connectivity index (χ2v) is 8.43. The maximum Gasteiger partial charge on any atom is 0.274 e. The molecule has 9 nitrogen and oxygen atoms in total. The fraction of sp³-hybridized carbons (Fsp3) is 0.474. The summed E-state index contributed by atoms with van der Waals surface area (Å²) in [5.41, 5.74) is 1.24. The molecule has 29 heavy (non-hydrogen) atoms. The molecule has 0 atom stereocenters. The molecule has 0 aliphatic carbocycles. The molecule has 1 saturated heterocycles. The van der Waals surface area contributed by atoms with Crippen LogP contribution < -0.4 is 19.3 Å². The Labute approximate surface area is 170 Å². The summed E-state index contributed by atoms with van der Waals surface area (Å²) in [6.45, 7) is 1.56. The molecule has 158 valence electrons. The van der Waals surface area contributed by atoms with Crippen molar-refractivity contribution in [2.75, 3.05) is 33.9 Å². The fourth-order valence-electron chi connectivity index (χ4n) is 3.66. The Kier molecular flexibility index (Phi) is 6.56. The normalized spacial score (nSPS) is 15.5. The van der Waals surface area contributed by atoms with Gasteiger partial charge < -0.3 is 14.4 Å². The maximum absolute atomic E-state index is 13.1. The van der Waals surface area contributed by atoms with Gasteiger partial charge in [0.2, 0.25) is 0 Å². The van der Waals surface area contributed by atoms with E-state index in [-0.39, 0.29) is 5.91 Å². The Balaban J connectivity index is 1.70. The van der Waals surface area contributed by atoms with Gasteiger partial charge in [-0.25, -0.2) is 9.86 Å². The molecule has 0 saturated carbocycles. The second kappa shape index (κ2) is 8.93. The zero-order valence-corrected chi connectivity index (χ0v) is 17.4. The molecule has 0 radical (unpaired) electrons. The average molecular weight is 423 g/mol. The molecule has 1 aromatic heterocycles. The van der Waals surface area contributed by atoms with E-state index in [9.17, 15) is 13.2 Å². The van der Waals surface area contributed by atoms with Gasteiger partial charge in [-0.3, -0.25) is 9.78 Å². The first-order valence-electron chi connectivity index (χ1n) is 9.39. The third-order valence-electron chi connectivity index (χ3n) is 5.23. The molecule has 1 aliphatic heterocycles. The van der Waals surface area contributed by atoms with Crippen LogP contribution in [0.15, 0.2) is 24.4 Å². The molecule has 0 spiro atoms. The Morgan fingerprint density at radius 3 is 2.52 bits per heavy atom. The summed E-state index contributed by atoms with van der Waals surface area (Å²) in [6, 6.07) is 5.26. The van der Waals surface area contributed by atoms with Crippen LogP contribution in [0.2, 0.25) is 0 Å². The Bertz CT molecular complexity index is 988. The Morgan fingerprint density at radius 2 is 1.90 bits per heavy atom. The lowest BCUT2D eigenvalue weighted by molar-refractivity contribution is 0.0689. The van der Waals surface area contributed by atoms with Gasteiger partial charge in [-0.05, 0) is 37.3 Å². The molecule has 3 N–H and O–H groups in total. The maximum atomic E-state index is 13.1. The van der Waals surface area contributed by atoms with Crippen LogP contribution in [-0.4, -0.2) is 58.1 Å². The highest BCUT2D eigenvalue weighted by Gasteiger charge is 2.25. The van der Waals surface area contributed by atoms with Gasteiger partial charge in [0.25, 0.3) is 16.1 Å². The van der Waals surface area contributed by atoms with Crippen LogP contribution in [0.1, 0.15) is 29.6 Å². The number of pyridine rings is 1. The summed E-state index contributed by atoms with van der Waals surface area (Å²) >= 11 is 0. The van der Waals surface area contributed by atoms with E-state index in [1.165, 1.54) is 0 Å². The number of nitrogens with two attached hydrogens (primary N) is 1. The van der Waals surface area contributed by atoms with E-state index in [1.807, 2.05) is 4.90 Å². The number of amides is 1. The van der Waals surface area contributed by atoms with Crippen LogP contribution in [0.5, 0.6) is 11.5 Å². The van der Waals surface area contributed by atoms with Crippen molar-refractivity contribution in [3.05, 3.63) is 30.0 Å². The summed E-state index contributed by atoms with van der Waals surface area (Å²) in [6.07, 6.45) is 3.96. The SMILES string of the molecule is COc1cc2nccc(C(=O)N3CCC(CCNS(N)(=O)=O)CC3)c2cc1OC. The summed E-state index contributed by atoms with van der Waals surface area (Å²) in [4.78, 5) is 19.3. The number of benzene rings is 1. The van der Waals surface area contributed by atoms with Crippen LogP contribution >= 0.6 is 0 Å². The number of nitrogens with one attached hydrogen (secondary N) is 1. The van der Waals surface area contributed by atoms with Gasteiger partial charge in [0, 0.05) is 37.3 Å². The molecule has 2 aromatic rings. The predicted molar refractivity (Wildman–Crippen MR) is 109 cm³/mol. The van der Waals surface area contributed by atoms with E-state index in [0.717, 1.165) is 18.2 Å². The zero-order valence-electron chi connectivity index (χ0n) is 16.6. The van der Waals surface area contributed by atoms with E-state index in [1.54, 1.807) is 38.6 Å². The lowest BCUT2D eigenvalue weighted by Gasteiger charge is -2.32. The zero-order chi connectivity index (χ0) is 21.0. The number of rotatable bonds is 7. The molecular formula is C19H26N4O5S. The topological polar surface area (TPSA) is 124 Å². The van der Waals surface area contributed by atoms with Crippen LogP contribution in [0, 0.1) is 5.92 Å². The van der Waals surface area contributed by atoms with Crippen LogP contribution in [0.3, 0.4) is 0 Å². The van der Waals surface area contributed by atoms with Crippen molar-refractivity contribution < 1.29 is 22.7 Å². The first kappa shape index (κ1) is 21.3. The smallest absolute Gasteiger partial charge is 0.274 e. The number of ether oxygens (including phenoxy) is 2. The summed E-state index contributed by atoms with van der Waals surface area (Å²) in [5.74, 6) is 1.41. The van der Waals surface area contributed by atoms with Gasteiger partial charge in [-0.2, -0.15) is 8.42 Å². The molecule has 0 unspecified atom stereocenters. The summed E-state index contributed by atoms with van der Waals surface area (Å²) in [5, 5.41) is 5.67. The third-order valence-corrected chi connectivity index (χ3v) is 5.84. The monoisotopic (exact) mass is 422 g/mol. The van der Waals surface area contributed by atoms with Gasteiger partial charge in [-0.1, -0.05) is 0 Å². The molecule has 1 aliphatic rings. The molecule has 1 fully saturated rings. The van der Waals surface area contributed by atoms with Crippen molar-refractivity contribution in [1.82, 2.24) is 14.6 Å². The highest BCUT2D eigenvalue weighted by molar-refractivity contribution is 7.87. The molecule has 10 heteroatoms. The molecule has 0 bridgehead atoms. The number of hydrogen-bond acceptors (Lipinski definition) is 6. The van der Waals surface area contributed by atoms with E-state index < -0.39 is 10.2 Å². The number of carbonyl (C=O) groups is 1. The van der Waals surface area contributed by atoms with Crippen molar-refractivity contribution in [3.63, 3.8) is 0 Å². The third kappa shape index (κ3) is 5.14. The second-order valence-electron chi connectivity index (χ2n) is 7.05. The van der Waals surface area contributed by atoms with E-state index in [0.29, 0.717) is 54.6 Å². The van der Waals surface area contributed by atoms with Crippen LogP contribution in [0.25, 0.3) is 10.9 Å². The number of methoxy groups -OCH3 is 2. The molecule has 1 aromatic carbocycles. The standard InChI is InChI=1S/C19H26N4O5S/c1-27-17-11-15-14(4-7-21-16(15)12-18(17)28-2)19(24)23-9-5-13(6-10-23)3-8-22-29(20,25)26/h4,7,11-13,22H,3,5-6,8-10H2,1-2H3,(H2,20,25,26). The number of likely N-dealkylation sites (tertiary alicyclic amines) is 1. The minimum Gasteiger partial charge on any atom is -0.493 e. The largest absolute Gasteiger partial charge is 0.493 e. The lowest BCUT2D eigenvalue weighted by atomic mass is 9.93.